The second kappa shape index (κ2) is 2.31. The van der Waals surface area contributed by atoms with Crippen LogP contribution in [0.1, 0.15) is 17.5 Å². The topological polar surface area (TPSA) is 20.2 Å². The van der Waals surface area contributed by atoms with Gasteiger partial charge in [0.05, 0.1) is 5.60 Å². The summed E-state index contributed by atoms with van der Waals surface area (Å²) in [5.74, 6) is 6.91. The first kappa shape index (κ1) is 9.14. The Hall–Kier alpha value is -0.820. The second-order valence-corrected chi connectivity index (χ2v) is 7.62. The maximum atomic E-state index is 11.4. The van der Waals surface area contributed by atoms with Gasteiger partial charge in [-0.25, -0.2) is 0 Å². The number of aliphatic hydroxyl groups is 1. The van der Waals surface area contributed by atoms with Gasteiger partial charge in [0, 0.05) is 0 Å². The van der Waals surface area contributed by atoms with Gasteiger partial charge in [0.2, 0.25) is 0 Å². The largest absolute Gasteiger partial charge is 0.385 e. The minimum atomic E-state index is -0.439. The SMILES string of the molecule is Cc1ccc(C2(O)C3[C@@H]4C5CC6[C@H]4C2[C@H]6[C@@H]53)cc1. The smallest absolute Gasteiger partial charge is 0.0963 e. The molecular formula is C17H18O. The third-order valence-electron chi connectivity index (χ3n) is 7.60. The van der Waals surface area contributed by atoms with Crippen LogP contribution in [0.2, 0.25) is 0 Å². The number of rotatable bonds is 1. The lowest BCUT2D eigenvalue weighted by molar-refractivity contribution is -0.127. The average Bonchev–Trinajstić information content (AvgIpc) is 2.86. The van der Waals surface area contributed by atoms with Gasteiger partial charge in [-0.15, -0.1) is 0 Å². The Balaban J connectivity index is 1.54. The highest BCUT2D eigenvalue weighted by Crippen LogP contribution is 2.92. The van der Waals surface area contributed by atoms with Gasteiger partial charge in [0.1, 0.15) is 0 Å². The summed E-state index contributed by atoms with van der Waals surface area (Å²) in [5, 5.41) is 11.4. The Labute approximate surface area is 107 Å². The molecule has 6 saturated carbocycles. The molecule has 0 saturated heterocycles. The van der Waals surface area contributed by atoms with Crippen LogP contribution in [0, 0.1) is 54.3 Å². The van der Waals surface area contributed by atoms with Gasteiger partial charge in [-0.1, -0.05) is 29.8 Å². The van der Waals surface area contributed by atoms with Gasteiger partial charge >= 0.3 is 0 Å². The first-order valence-corrected chi connectivity index (χ1v) is 7.52. The molecule has 18 heavy (non-hydrogen) atoms. The van der Waals surface area contributed by atoms with E-state index in [9.17, 15) is 5.11 Å². The van der Waals surface area contributed by atoms with Crippen molar-refractivity contribution in [2.24, 2.45) is 47.3 Å². The Kier molecular flexibility index (Phi) is 1.17. The van der Waals surface area contributed by atoms with Crippen LogP contribution in [-0.2, 0) is 5.60 Å². The van der Waals surface area contributed by atoms with E-state index in [-0.39, 0.29) is 0 Å². The molecule has 0 unspecified atom stereocenters. The first-order valence-electron chi connectivity index (χ1n) is 7.52. The van der Waals surface area contributed by atoms with E-state index < -0.39 is 5.60 Å². The van der Waals surface area contributed by atoms with Gasteiger partial charge in [0.15, 0.2) is 0 Å². The summed E-state index contributed by atoms with van der Waals surface area (Å²) in [6.07, 6.45) is 1.52. The molecule has 1 aromatic rings. The Morgan fingerprint density at radius 3 is 1.94 bits per heavy atom. The van der Waals surface area contributed by atoms with E-state index in [4.69, 9.17) is 0 Å². The van der Waals surface area contributed by atoms with E-state index in [0.29, 0.717) is 11.8 Å². The molecule has 0 radical (unpaired) electrons. The van der Waals surface area contributed by atoms with Crippen LogP contribution in [0.4, 0.5) is 0 Å². The minimum absolute atomic E-state index is 0.439. The van der Waals surface area contributed by atoms with Crippen LogP contribution < -0.4 is 0 Å². The molecule has 0 spiro atoms. The maximum absolute atomic E-state index is 11.4. The molecule has 6 aliphatic rings. The number of hydrogen-bond donors (Lipinski definition) is 1. The summed E-state index contributed by atoms with van der Waals surface area (Å²) in [5.41, 5.74) is 2.08. The molecule has 0 aromatic heterocycles. The van der Waals surface area contributed by atoms with Crippen molar-refractivity contribution < 1.29 is 5.11 Å². The van der Waals surface area contributed by atoms with Crippen molar-refractivity contribution in [2.45, 2.75) is 18.9 Å². The van der Waals surface area contributed by atoms with Crippen molar-refractivity contribution in [1.29, 1.82) is 0 Å². The molecule has 7 rings (SSSR count). The molecule has 4 atom stereocenters. The van der Waals surface area contributed by atoms with E-state index in [2.05, 4.69) is 31.2 Å². The first-order chi connectivity index (χ1) is 8.73. The Morgan fingerprint density at radius 2 is 1.44 bits per heavy atom. The number of benzene rings is 1. The predicted octanol–water partition coefficient (Wildman–Crippen LogP) is 2.57. The third kappa shape index (κ3) is 0.602. The molecule has 1 nitrogen and oxygen atoms in total. The Bertz CT molecular complexity index is 528. The van der Waals surface area contributed by atoms with Crippen LogP contribution >= 0.6 is 0 Å². The van der Waals surface area contributed by atoms with Gasteiger partial charge in [-0.3, -0.25) is 0 Å². The van der Waals surface area contributed by atoms with Crippen molar-refractivity contribution in [1.82, 2.24) is 0 Å². The average molecular weight is 238 g/mol. The van der Waals surface area contributed by atoms with Gasteiger partial charge in [-0.05, 0) is 66.3 Å². The minimum Gasteiger partial charge on any atom is -0.385 e. The standard InChI is InChI=1S/C17H18O/c1-7-2-4-8(5-3-7)17(18)15-11-9-6-10-13(11)16(17)14(10)12(9)15/h2-5,9-16,18H,6H2,1H3/t9?,10?,11-,12-,13-,14-,15?,16?,17?/m1/s1. The van der Waals surface area contributed by atoms with E-state index in [1.54, 1.807) is 0 Å². The van der Waals surface area contributed by atoms with Gasteiger partial charge < -0.3 is 5.11 Å². The maximum Gasteiger partial charge on any atom is 0.0963 e. The van der Waals surface area contributed by atoms with Crippen LogP contribution in [0.15, 0.2) is 24.3 Å². The normalized spacial score (nSPS) is 64.1. The van der Waals surface area contributed by atoms with Crippen LogP contribution in [0.3, 0.4) is 0 Å². The van der Waals surface area contributed by atoms with Gasteiger partial charge in [0.25, 0.3) is 0 Å². The highest BCUT2D eigenvalue weighted by atomic mass is 16.3. The molecule has 6 fully saturated rings. The zero-order valence-corrected chi connectivity index (χ0v) is 10.6. The van der Waals surface area contributed by atoms with Crippen molar-refractivity contribution in [2.75, 3.05) is 0 Å². The third-order valence-corrected chi connectivity index (χ3v) is 7.60. The lowest BCUT2D eigenvalue weighted by atomic mass is 9.45. The summed E-state index contributed by atoms with van der Waals surface area (Å²) < 4.78 is 0. The van der Waals surface area contributed by atoms with Crippen molar-refractivity contribution in [3.8, 4) is 0 Å². The zero-order valence-electron chi connectivity index (χ0n) is 10.6. The quantitative estimate of drug-likeness (QED) is 0.797. The number of hydrogen-bond acceptors (Lipinski definition) is 1. The molecule has 1 N–H and O–H groups in total. The zero-order chi connectivity index (χ0) is 11.8. The summed E-state index contributed by atoms with van der Waals surface area (Å²) >= 11 is 0. The molecule has 92 valence electrons. The second-order valence-electron chi connectivity index (χ2n) is 7.62. The summed E-state index contributed by atoms with van der Waals surface area (Å²) in [6.45, 7) is 2.13. The van der Waals surface area contributed by atoms with E-state index >= 15 is 0 Å². The van der Waals surface area contributed by atoms with Crippen molar-refractivity contribution >= 4 is 0 Å². The number of aryl methyl sites for hydroxylation is 1. The summed E-state index contributed by atoms with van der Waals surface area (Å²) in [6, 6.07) is 8.72. The van der Waals surface area contributed by atoms with Gasteiger partial charge in [-0.2, -0.15) is 0 Å². The van der Waals surface area contributed by atoms with E-state index in [1.807, 2.05) is 0 Å². The van der Waals surface area contributed by atoms with Crippen LogP contribution in [0.5, 0.6) is 0 Å². The molecule has 6 aliphatic carbocycles. The van der Waals surface area contributed by atoms with Crippen molar-refractivity contribution in [3.05, 3.63) is 35.4 Å². The fraction of sp³-hybridized carbons (Fsp3) is 0.647. The molecule has 1 aromatic carbocycles. The molecule has 0 heterocycles. The van der Waals surface area contributed by atoms with Crippen LogP contribution in [0.25, 0.3) is 0 Å². The highest BCUT2D eigenvalue weighted by molar-refractivity contribution is 5.43. The predicted molar refractivity (Wildman–Crippen MR) is 67.6 cm³/mol. The fourth-order valence-corrected chi connectivity index (χ4v) is 7.44. The molecule has 0 amide bonds. The molecular weight excluding hydrogens is 220 g/mol. The molecule has 4 bridgehead atoms. The lowest BCUT2D eigenvalue weighted by Gasteiger charge is -2.58. The van der Waals surface area contributed by atoms with Crippen molar-refractivity contribution in [3.63, 3.8) is 0 Å². The summed E-state index contributed by atoms with van der Waals surface area (Å²) in [7, 11) is 0. The summed E-state index contributed by atoms with van der Waals surface area (Å²) in [4.78, 5) is 0. The van der Waals surface area contributed by atoms with E-state index in [1.165, 1.54) is 17.5 Å². The monoisotopic (exact) mass is 238 g/mol. The van der Waals surface area contributed by atoms with Crippen LogP contribution in [-0.4, -0.2) is 5.11 Å². The van der Waals surface area contributed by atoms with E-state index in [0.717, 1.165) is 35.5 Å². The fourth-order valence-electron chi connectivity index (χ4n) is 7.44. The molecule has 0 aliphatic heterocycles. The Morgan fingerprint density at radius 1 is 0.944 bits per heavy atom. The molecule has 1 heteroatoms. The highest BCUT2D eigenvalue weighted by Gasteiger charge is 2.90. The lowest BCUT2D eigenvalue weighted by Crippen LogP contribution is -2.56.